The third-order valence-electron chi connectivity index (χ3n) is 4.64. The molecule has 0 spiro atoms. The highest BCUT2D eigenvalue weighted by Gasteiger charge is 2.21. The van der Waals surface area contributed by atoms with Crippen LogP contribution in [0.5, 0.6) is 5.75 Å². The molecule has 154 valence electrons. The van der Waals surface area contributed by atoms with E-state index in [4.69, 9.17) is 14.9 Å². The summed E-state index contributed by atoms with van der Waals surface area (Å²) in [5.41, 5.74) is -0.108. The zero-order chi connectivity index (χ0) is 20.8. The minimum atomic E-state index is -1.11. The van der Waals surface area contributed by atoms with Gasteiger partial charge in [-0.1, -0.05) is 12.1 Å². The van der Waals surface area contributed by atoms with Gasteiger partial charge in [-0.05, 0) is 30.3 Å². The number of rotatable bonds is 10. The number of ether oxygens (including phenoxy) is 1. The van der Waals surface area contributed by atoms with Crippen LogP contribution < -0.4 is 10.2 Å². The van der Waals surface area contributed by atoms with E-state index in [0.29, 0.717) is 36.2 Å². The molecule has 29 heavy (non-hydrogen) atoms. The maximum atomic E-state index is 12.8. The number of aliphatic hydroxyl groups is 2. The van der Waals surface area contributed by atoms with Crippen LogP contribution >= 0.6 is 11.3 Å². The molecule has 0 saturated heterocycles. The first kappa shape index (κ1) is 21.2. The van der Waals surface area contributed by atoms with E-state index in [0.717, 1.165) is 9.40 Å². The van der Waals surface area contributed by atoms with Crippen molar-refractivity contribution in [2.75, 3.05) is 32.8 Å². The van der Waals surface area contributed by atoms with Crippen LogP contribution in [0.15, 0.2) is 47.3 Å². The van der Waals surface area contributed by atoms with Crippen LogP contribution in [-0.2, 0) is 4.79 Å². The van der Waals surface area contributed by atoms with Crippen molar-refractivity contribution >= 4 is 37.5 Å². The molecule has 3 N–H and O–H groups in total. The van der Waals surface area contributed by atoms with Crippen molar-refractivity contribution in [3.63, 3.8) is 0 Å². The molecule has 1 atom stereocenters. The number of carboxylic acid groups (broad SMARTS) is 1. The summed E-state index contributed by atoms with van der Waals surface area (Å²) in [4.78, 5) is 26.2. The van der Waals surface area contributed by atoms with Crippen LogP contribution in [0, 0.1) is 0 Å². The number of benzene rings is 2. The Morgan fingerprint density at radius 3 is 2.38 bits per heavy atom. The number of nitrogens with zero attached hydrogens (tertiary/aromatic N) is 1. The van der Waals surface area contributed by atoms with Crippen LogP contribution in [0.1, 0.15) is 6.42 Å². The van der Waals surface area contributed by atoms with Crippen LogP contribution in [0.25, 0.3) is 20.2 Å². The number of aliphatic hydroxyl groups excluding tert-OH is 2. The Bertz CT molecular complexity index is 1040. The second-order valence-corrected chi connectivity index (χ2v) is 7.69. The van der Waals surface area contributed by atoms with Gasteiger partial charge in [0.1, 0.15) is 5.75 Å². The minimum absolute atomic E-state index is 0.0787. The van der Waals surface area contributed by atoms with E-state index < -0.39 is 12.1 Å². The maximum absolute atomic E-state index is 12.8. The van der Waals surface area contributed by atoms with Gasteiger partial charge in [0.05, 0.1) is 13.2 Å². The average molecular weight is 417 g/mol. The highest BCUT2D eigenvalue weighted by Crippen LogP contribution is 2.27. The fraction of sp³-hybridized carbons (Fsp3) is 0.333. The number of hydrogen-bond donors (Lipinski definition) is 3. The van der Waals surface area contributed by atoms with Crippen molar-refractivity contribution in [1.82, 2.24) is 4.90 Å². The van der Waals surface area contributed by atoms with Gasteiger partial charge >= 0.3 is 5.97 Å². The summed E-state index contributed by atoms with van der Waals surface area (Å²) in [6.07, 6.45) is -0.927. The number of fused-ring (bicyclic) bond motifs is 2. The second-order valence-electron chi connectivity index (χ2n) is 6.61. The van der Waals surface area contributed by atoms with Crippen molar-refractivity contribution in [3.8, 4) is 5.75 Å². The molecule has 7 nitrogen and oxygen atoms in total. The zero-order valence-corrected chi connectivity index (χ0v) is 16.6. The lowest BCUT2D eigenvalue weighted by Gasteiger charge is -2.22. The predicted molar refractivity (Wildman–Crippen MR) is 113 cm³/mol. The Morgan fingerprint density at radius 2 is 1.69 bits per heavy atom. The van der Waals surface area contributed by atoms with E-state index in [2.05, 4.69) is 0 Å². The standard InChI is InChI=1S/C21H23NO6S/c23-11-9-22(10-12-24)8-7-17(21(26)27)28-14-5-6-19-16(13-14)20(25)15-3-1-2-4-18(15)29-19/h1-6,13,17,23-24H,7-12H2,(H,26,27). The van der Waals surface area contributed by atoms with Gasteiger partial charge in [0, 0.05) is 46.2 Å². The normalized spacial score (nSPS) is 12.5. The molecule has 0 radical (unpaired) electrons. The molecule has 0 saturated carbocycles. The van der Waals surface area contributed by atoms with E-state index in [-0.39, 0.29) is 25.1 Å². The van der Waals surface area contributed by atoms with Gasteiger partial charge in [0.25, 0.3) is 0 Å². The van der Waals surface area contributed by atoms with Gasteiger partial charge in [-0.25, -0.2) is 4.79 Å². The summed E-state index contributed by atoms with van der Waals surface area (Å²) >= 11 is 1.50. The van der Waals surface area contributed by atoms with Gasteiger partial charge in [-0.3, -0.25) is 9.69 Å². The molecule has 0 aliphatic rings. The zero-order valence-electron chi connectivity index (χ0n) is 15.8. The monoisotopic (exact) mass is 417 g/mol. The largest absolute Gasteiger partial charge is 0.479 e. The maximum Gasteiger partial charge on any atom is 0.344 e. The van der Waals surface area contributed by atoms with Crippen molar-refractivity contribution in [2.24, 2.45) is 0 Å². The molecule has 2 aromatic carbocycles. The van der Waals surface area contributed by atoms with Gasteiger partial charge in [0.15, 0.2) is 11.5 Å². The summed E-state index contributed by atoms with van der Waals surface area (Å²) in [5.74, 6) is -0.790. The quantitative estimate of drug-likeness (QED) is 0.433. The number of carbonyl (C=O) groups is 1. The summed E-state index contributed by atoms with van der Waals surface area (Å²) in [6, 6.07) is 12.4. The molecule has 0 aliphatic carbocycles. The molecule has 3 aromatic rings. The van der Waals surface area contributed by atoms with Crippen molar-refractivity contribution in [1.29, 1.82) is 0 Å². The SMILES string of the molecule is O=C(O)C(CCN(CCO)CCO)Oc1ccc2sc3ccccc3c(=O)c2c1. The topological polar surface area (TPSA) is 107 Å². The molecule has 1 heterocycles. The van der Waals surface area contributed by atoms with Crippen LogP contribution in [0.3, 0.4) is 0 Å². The lowest BCUT2D eigenvalue weighted by molar-refractivity contribution is -0.145. The number of aliphatic carboxylic acids is 1. The first-order chi connectivity index (χ1) is 14.0. The molecule has 1 unspecified atom stereocenters. The van der Waals surface area contributed by atoms with Gasteiger partial charge in [-0.15, -0.1) is 11.3 Å². The third-order valence-corrected chi connectivity index (χ3v) is 5.79. The summed E-state index contributed by atoms with van der Waals surface area (Å²) in [6.45, 7) is 0.883. The fourth-order valence-electron chi connectivity index (χ4n) is 3.17. The van der Waals surface area contributed by atoms with E-state index >= 15 is 0 Å². The minimum Gasteiger partial charge on any atom is -0.479 e. The van der Waals surface area contributed by atoms with E-state index in [1.54, 1.807) is 29.2 Å². The molecule has 3 rings (SSSR count). The molecule has 8 heteroatoms. The molecular formula is C21H23NO6S. The Balaban J connectivity index is 1.82. The van der Waals surface area contributed by atoms with Crippen molar-refractivity contribution < 1.29 is 24.9 Å². The highest BCUT2D eigenvalue weighted by molar-refractivity contribution is 7.24. The van der Waals surface area contributed by atoms with E-state index in [9.17, 15) is 14.7 Å². The molecule has 0 aliphatic heterocycles. The smallest absolute Gasteiger partial charge is 0.344 e. The Morgan fingerprint density at radius 1 is 1.00 bits per heavy atom. The predicted octanol–water partition coefficient (Wildman–Crippen LogP) is 1.92. The summed E-state index contributed by atoms with van der Waals surface area (Å²) in [5, 5.41) is 28.8. The Labute approximate surface area is 171 Å². The van der Waals surface area contributed by atoms with Crippen LogP contribution in [0.2, 0.25) is 0 Å². The molecule has 0 amide bonds. The molecule has 1 aromatic heterocycles. The van der Waals surface area contributed by atoms with E-state index in [1.807, 2.05) is 18.2 Å². The molecule has 0 bridgehead atoms. The Hall–Kier alpha value is -2.52. The Kier molecular flexibility index (Phi) is 7.16. The van der Waals surface area contributed by atoms with Gasteiger partial charge in [-0.2, -0.15) is 0 Å². The number of hydrogen-bond acceptors (Lipinski definition) is 7. The van der Waals surface area contributed by atoms with Crippen molar-refractivity contribution in [2.45, 2.75) is 12.5 Å². The second kappa shape index (κ2) is 9.80. The molecular weight excluding hydrogens is 394 g/mol. The first-order valence-electron chi connectivity index (χ1n) is 9.32. The highest BCUT2D eigenvalue weighted by atomic mass is 32.1. The van der Waals surface area contributed by atoms with Crippen LogP contribution in [-0.4, -0.2) is 65.1 Å². The lowest BCUT2D eigenvalue weighted by atomic mass is 10.1. The van der Waals surface area contributed by atoms with Crippen LogP contribution in [0.4, 0.5) is 0 Å². The molecule has 0 fully saturated rings. The van der Waals surface area contributed by atoms with Crippen molar-refractivity contribution in [3.05, 3.63) is 52.7 Å². The summed E-state index contributed by atoms with van der Waals surface area (Å²) < 4.78 is 7.38. The average Bonchev–Trinajstić information content (AvgIpc) is 2.71. The summed E-state index contributed by atoms with van der Waals surface area (Å²) in [7, 11) is 0. The third kappa shape index (κ3) is 5.10. The van der Waals surface area contributed by atoms with Gasteiger partial charge < -0.3 is 20.1 Å². The van der Waals surface area contributed by atoms with Gasteiger partial charge in [0.2, 0.25) is 0 Å². The number of carboxylic acids is 1. The van der Waals surface area contributed by atoms with E-state index in [1.165, 1.54) is 11.3 Å². The first-order valence-corrected chi connectivity index (χ1v) is 10.1. The fourth-order valence-corrected chi connectivity index (χ4v) is 4.22. The lowest BCUT2D eigenvalue weighted by Crippen LogP contribution is -2.36.